The van der Waals surface area contributed by atoms with Crippen molar-refractivity contribution < 1.29 is 13.6 Å². The summed E-state index contributed by atoms with van der Waals surface area (Å²) in [5, 5.41) is 0.449. The van der Waals surface area contributed by atoms with E-state index in [1.165, 1.54) is 0 Å². The lowest BCUT2D eigenvalue weighted by Crippen LogP contribution is -1.99. The summed E-state index contributed by atoms with van der Waals surface area (Å²) in [6.45, 7) is 7.94. The smallest absolute Gasteiger partial charge is 0.305 e. The summed E-state index contributed by atoms with van der Waals surface area (Å²) in [6.07, 6.45) is 0. The molecule has 20 heavy (non-hydrogen) atoms. The molecule has 0 saturated heterocycles. The molecular weight excluding hydrogens is 271 g/mol. The van der Waals surface area contributed by atoms with Crippen LogP contribution in [0, 0.1) is 11.8 Å². The Morgan fingerprint density at radius 1 is 1.10 bits per heavy atom. The van der Waals surface area contributed by atoms with Crippen LogP contribution in [0.15, 0.2) is 41.2 Å². The summed E-state index contributed by atoms with van der Waals surface area (Å²) in [5.41, 5.74) is 1.71. The minimum atomic E-state index is -3.32. The molecule has 0 spiro atoms. The molecule has 0 aliphatic rings. The van der Waals surface area contributed by atoms with Crippen LogP contribution in [0.3, 0.4) is 0 Å². The molecule has 0 N–H and O–H groups in total. The van der Waals surface area contributed by atoms with Gasteiger partial charge in [0.1, 0.15) is 5.31 Å². The van der Waals surface area contributed by atoms with Crippen molar-refractivity contribution in [3.05, 3.63) is 46.8 Å². The van der Waals surface area contributed by atoms with Crippen molar-refractivity contribution in [3.63, 3.8) is 0 Å². The van der Waals surface area contributed by atoms with Crippen molar-refractivity contribution in [2.24, 2.45) is 0 Å². The number of allylic oxidation sites excluding steroid dienone is 2. The van der Waals surface area contributed by atoms with Gasteiger partial charge in [0.25, 0.3) is 0 Å². The van der Waals surface area contributed by atoms with Crippen molar-refractivity contribution in [3.8, 4) is 11.8 Å². The zero-order valence-electron chi connectivity index (χ0n) is 12.5. The van der Waals surface area contributed by atoms with Gasteiger partial charge in [0, 0.05) is 5.56 Å². The van der Waals surface area contributed by atoms with Crippen molar-refractivity contribution in [2.45, 2.75) is 27.7 Å². The predicted molar refractivity (Wildman–Crippen MR) is 82.6 cm³/mol. The second-order valence-corrected chi connectivity index (χ2v) is 6.26. The summed E-state index contributed by atoms with van der Waals surface area (Å²) < 4.78 is 23.5. The van der Waals surface area contributed by atoms with Gasteiger partial charge in [-0.15, -0.1) is 0 Å². The normalized spacial score (nSPS) is 10.6. The molecule has 0 heterocycles. The first-order valence-corrected chi connectivity index (χ1v) is 8.22. The molecule has 0 amide bonds. The third-order valence-corrected chi connectivity index (χ3v) is 4.75. The molecule has 0 atom stereocenters. The molecular formula is C16H21O3P. The molecule has 1 rings (SSSR count). The Hall–Kier alpha value is -1.33. The third-order valence-electron chi connectivity index (χ3n) is 2.44. The van der Waals surface area contributed by atoms with E-state index >= 15 is 0 Å². The first-order valence-electron chi connectivity index (χ1n) is 6.67. The lowest BCUT2D eigenvalue weighted by Gasteiger charge is -2.17. The predicted octanol–water partition coefficient (Wildman–Crippen LogP) is 4.60. The van der Waals surface area contributed by atoms with E-state index in [0.29, 0.717) is 18.5 Å². The minimum Gasteiger partial charge on any atom is -0.305 e. The fraction of sp³-hybridized carbons (Fsp3) is 0.375. The fourth-order valence-electron chi connectivity index (χ4n) is 1.63. The number of benzene rings is 1. The van der Waals surface area contributed by atoms with Gasteiger partial charge in [-0.05, 0) is 39.8 Å². The quantitative estimate of drug-likeness (QED) is 0.588. The Labute approximate surface area is 121 Å². The molecule has 0 aromatic heterocycles. The molecule has 0 unspecified atom stereocenters. The van der Waals surface area contributed by atoms with Crippen LogP contribution in [0.25, 0.3) is 0 Å². The van der Waals surface area contributed by atoms with Gasteiger partial charge in [-0.25, -0.2) is 0 Å². The van der Waals surface area contributed by atoms with Crippen LogP contribution >= 0.6 is 7.60 Å². The molecule has 0 aliphatic carbocycles. The Kier molecular flexibility index (Phi) is 6.75. The van der Waals surface area contributed by atoms with Crippen LogP contribution in [0.1, 0.15) is 33.3 Å². The second kappa shape index (κ2) is 8.07. The van der Waals surface area contributed by atoms with E-state index < -0.39 is 7.60 Å². The lowest BCUT2D eigenvalue weighted by atomic mass is 10.2. The zero-order valence-corrected chi connectivity index (χ0v) is 13.4. The van der Waals surface area contributed by atoms with Crippen molar-refractivity contribution >= 4 is 7.60 Å². The first-order chi connectivity index (χ1) is 9.53. The molecule has 0 saturated carbocycles. The zero-order chi connectivity index (χ0) is 15.0. The molecule has 0 radical (unpaired) electrons. The summed E-state index contributed by atoms with van der Waals surface area (Å²) >= 11 is 0. The molecule has 3 nitrogen and oxygen atoms in total. The number of rotatable bonds is 5. The highest BCUT2D eigenvalue weighted by molar-refractivity contribution is 7.59. The van der Waals surface area contributed by atoms with Gasteiger partial charge in [0.2, 0.25) is 0 Å². The standard InChI is InChI=1S/C16H21O3P/c1-5-18-20(17,19-6-2)16(14(3)4)13-12-15-10-8-7-9-11-15/h7-11H,5-6H2,1-4H3. The Morgan fingerprint density at radius 2 is 1.65 bits per heavy atom. The van der Waals surface area contributed by atoms with E-state index in [4.69, 9.17) is 9.05 Å². The van der Waals surface area contributed by atoms with Crippen LogP contribution in [-0.4, -0.2) is 13.2 Å². The Bertz CT molecular complexity index is 550. The highest BCUT2D eigenvalue weighted by Gasteiger charge is 2.29. The van der Waals surface area contributed by atoms with E-state index in [-0.39, 0.29) is 0 Å². The first kappa shape index (κ1) is 16.7. The van der Waals surface area contributed by atoms with Crippen molar-refractivity contribution in [2.75, 3.05) is 13.2 Å². The van der Waals surface area contributed by atoms with Gasteiger partial charge in [0.15, 0.2) is 0 Å². The van der Waals surface area contributed by atoms with E-state index in [1.54, 1.807) is 13.8 Å². The summed E-state index contributed by atoms with van der Waals surface area (Å²) in [4.78, 5) is 0. The lowest BCUT2D eigenvalue weighted by molar-refractivity contribution is 0.227. The van der Waals surface area contributed by atoms with Crippen LogP contribution < -0.4 is 0 Å². The molecule has 0 fully saturated rings. The SMILES string of the molecule is CCOP(=O)(OCC)C(C#Cc1ccccc1)=C(C)C. The van der Waals surface area contributed by atoms with Gasteiger partial charge in [-0.1, -0.05) is 35.6 Å². The molecule has 1 aromatic rings. The molecule has 0 aliphatic heterocycles. The van der Waals surface area contributed by atoms with Crippen LogP contribution in [-0.2, 0) is 13.6 Å². The molecule has 1 aromatic carbocycles. The summed E-state index contributed by atoms with van der Waals surface area (Å²) in [6, 6.07) is 9.57. The highest BCUT2D eigenvalue weighted by atomic mass is 31.2. The van der Waals surface area contributed by atoms with Gasteiger partial charge in [0.05, 0.1) is 13.2 Å². The topological polar surface area (TPSA) is 35.5 Å². The van der Waals surface area contributed by atoms with E-state index in [1.807, 2.05) is 44.2 Å². The van der Waals surface area contributed by atoms with Crippen molar-refractivity contribution in [1.29, 1.82) is 0 Å². The van der Waals surface area contributed by atoms with Crippen molar-refractivity contribution in [1.82, 2.24) is 0 Å². The maximum Gasteiger partial charge on any atom is 0.369 e. The second-order valence-electron chi connectivity index (χ2n) is 4.30. The largest absolute Gasteiger partial charge is 0.369 e. The average Bonchev–Trinajstić information content (AvgIpc) is 2.40. The molecule has 108 valence electrons. The molecule has 0 bridgehead atoms. The van der Waals surface area contributed by atoms with Gasteiger partial charge in [-0.2, -0.15) is 0 Å². The van der Waals surface area contributed by atoms with Crippen LogP contribution in [0.2, 0.25) is 0 Å². The third kappa shape index (κ3) is 4.65. The number of hydrogen-bond donors (Lipinski definition) is 0. The van der Waals surface area contributed by atoms with E-state index in [2.05, 4.69) is 11.8 Å². The van der Waals surface area contributed by atoms with E-state index in [9.17, 15) is 4.57 Å². The van der Waals surface area contributed by atoms with Gasteiger partial charge in [-0.3, -0.25) is 4.57 Å². The van der Waals surface area contributed by atoms with Crippen LogP contribution in [0.4, 0.5) is 0 Å². The molecule has 4 heteroatoms. The maximum atomic E-state index is 12.8. The Morgan fingerprint density at radius 3 is 2.10 bits per heavy atom. The maximum absolute atomic E-state index is 12.8. The minimum absolute atomic E-state index is 0.321. The van der Waals surface area contributed by atoms with E-state index in [0.717, 1.165) is 11.1 Å². The van der Waals surface area contributed by atoms with Gasteiger partial charge < -0.3 is 9.05 Å². The summed E-state index contributed by atoms with van der Waals surface area (Å²) in [7, 11) is -3.32. The monoisotopic (exact) mass is 292 g/mol. The average molecular weight is 292 g/mol. The summed E-state index contributed by atoms with van der Waals surface area (Å²) in [5.74, 6) is 5.97. The highest BCUT2D eigenvalue weighted by Crippen LogP contribution is 2.56. The number of hydrogen-bond acceptors (Lipinski definition) is 3. The van der Waals surface area contributed by atoms with Crippen LogP contribution in [0.5, 0.6) is 0 Å². The Balaban J connectivity index is 3.17. The fourth-order valence-corrected chi connectivity index (χ4v) is 3.38. The van der Waals surface area contributed by atoms with Gasteiger partial charge >= 0.3 is 7.60 Å².